The molecule has 2 aromatic carbocycles. The summed E-state index contributed by atoms with van der Waals surface area (Å²) >= 11 is 0. The van der Waals surface area contributed by atoms with Crippen molar-refractivity contribution < 1.29 is 45.0 Å². The highest BCUT2D eigenvalue weighted by Crippen LogP contribution is 2.34. The van der Waals surface area contributed by atoms with E-state index >= 15 is 0 Å². The maximum absolute atomic E-state index is 12.7. The van der Waals surface area contributed by atoms with Crippen LogP contribution in [-0.4, -0.2) is 43.4 Å². The van der Waals surface area contributed by atoms with Crippen LogP contribution >= 0.6 is 0 Å². The number of alkyl halides is 3. The molecule has 2 aromatic rings. The van der Waals surface area contributed by atoms with Crippen LogP contribution in [0.25, 0.3) is 10.8 Å². The molecule has 0 aliphatic carbocycles. The minimum atomic E-state index is -6.25. The Bertz CT molecular complexity index is 1280. The summed E-state index contributed by atoms with van der Waals surface area (Å²) in [5, 5.41) is -0.0144. The predicted molar refractivity (Wildman–Crippen MR) is 108 cm³/mol. The quantitative estimate of drug-likeness (QED) is 0.269. The molecule has 0 unspecified atom stereocenters. The lowest BCUT2D eigenvalue weighted by Gasteiger charge is -2.25. The standard InChI is InChI=1S/C21H16F3NO7S/c1-2-3-9-17(26)31-12-5-6-13-10-11-16-18-14(13)7-4-8-15(18)19(27)25(20(16)28)32-33(29,30)21(22,23)24/h4,7-8,10-11H,2-3,9,12H2,1H3. The number of hydrogen-bond donors (Lipinski definition) is 0. The monoisotopic (exact) mass is 483 g/mol. The summed E-state index contributed by atoms with van der Waals surface area (Å²) < 4.78 is 69.5. The van der Waals surface area contributed by atoms with Crippen LogP contribution in [0.15, 0.2) is 30.3 Å². The first kappa shape index (κ1) is 24.2. The Morgan fingerprint density at radius 2 is 1.76 bits per heavy atom. The second-order valence-electron chi connectivity index (χ2n) is 6.83. The molecule has 1 aliphatic rings. The van der Waals surface area contributed by atoms with Gasteiger partial charge in [0.15, 0.2) is 6.61 Å². The lowest BCUT2D eigenvalue weighted by molar-refractivity contribution is -0.142. The summed E-state index contributed by atoms with van der Waals surface area (Å²) in [7, 11) is -6.25. The lowest BCUT2D eigenvalue weighted by atomic mass is 9.92. The van der Waals surface area contributed by atoms with Gasteiger partial charge in [0.05, 0.1) is 11.1 Å². The second kappa shape index (κ2) is 9.21. The number of nitrogens with zero attached hydrogens (tertiary/aromatic N) is 1. The van der Waals surface area contributed by atoms with E-state index in [0.717, 1.165) is 6.42 Å². The molecule has 0 bridgehead atoms. The van der Waals surface area contributed by atoms with Crippen LogP contribution in [-0.2, 0) is 23.9 Å². The van der Waals surface area contributed by atoms with Gasteiger partial charge in [-0.15, -0.1) is 9.35 Å². The minimum absolute atomic E-state index is 0.0866. The fourth-order valence-electron chi connectivity index (χ4n) is 3.03. The molecule has 1 heterocycles. The molecule has 0 spiro atoms. The van der Waals surface area contributed by atoms with Gasteiger partial charge in [-0.1, -0.05) is 37.3 Å². The van der Waals surface area contributed by atoms with Gasteiger partial charge in [0, 0.05) is 17.4 Å². The van der Waals surface area contributed by atoms with Crippen molar-refractivity contribution >= 4 is 38.7 Å². The number of rotatable bonds is 6. The Balaban J connectivity index is 1.93. The van der Waals surface area contributed by atoms with Gasteiger partial charge in [0.25, 0.3) is 11.8 Å². The summed E-state index contributed by atoms with van der Waals surface area (Å²) in [6.45, 7) is 1.75. The molecule has 3 rings (SSSR count). The van der Waals surface area contributed by atoms with Crippen molar-refractivity contribution in [1.29, 1.82) is 0 Å². The third kappa shape index (κ3) is 4.84. The number of imide groups is 1. The normalized spacial score (nSPS) is 13.6. The Kier molecular flexibility index (Phi) is 6.76. The molecule has 0 atom stereocenters. The zero-order valence-corrected chi connectivity index (χ0v) is 17.9. The maximum Gasteiger partial charge on any atom is 0.525 e. The smallest absolute Gasteiger partial charge is 0.452 e. The molecule has 0 fully saturated rings. The summed E-state index contributed by atoms with van der Waals surface area (Å²) in [6, 6.07) is 6.69. The molecule has 8 nitrogen and oxygen atoms in total. The molecule has 0 N–H and O–H groups in total. The van der Waals surface area contributed by atoms with Gasteiger partial charge in [0.2, 0.25) is 0 Å². The summed E-state index contributed by atoms with van der Waals surface area (Å²) in [5.74, 6) is 2.27. The van der Waals surface area contributed by atoms with Gasteiger partial charge in [-0.3, -0.25) is 14.4 Å². The highest BCUT2D eigenvalue weighted by Gasteiger charge is 2.51. The van der Waals surface area contributed by atoms with E-state index < -0.39 is 38.5 Å². The SMILES string of the molecule is CCCCC(=O)OCC#Cc1ccc2c3c(cccc13)C(=O)N(OS(=O)(=O)C(F)(F)F)C2=O. The summed E-state index contributed by atoms with van der Waals surface area (Å²) in [4.78, 5) is 36.7. The molecular formula is C21H16F3NO7S. The average molecular weight is 483 g/mol. The number of hydroxylamine groups is 2. The molecule has 12 heteroatoms. The number of halogens is 3. The Morgan fingerprint density at radius 1 is 1.09 bits per heavy atom. The first-order chi connectivity index (χ1) is 15.5. The fraction of sp³-hybridized carbons (Fsp3) is 0.286. The number of unbranched alkanes of at least 4 members (excludes halogenated alkanes) is 1. The van der Waals surface area contributed by atoms with Crippen LogP contribution in [0.4, 0.5) is 13.2 Å². The van der Waals surface area contributed by atoms with E-state index in [1.807, 2.05) is 6.92 Å². The van der Waals surface area contributed by atoms with Gasteiger partial charge in [-0.25, -0.2) is 0 Å². The maximum atomic E-state index is 12.7. The van der Waals surface area contributed by atoms with Crippen molar-refractivity contribution in [2.75, 3.05) is 6.61 Å². The zero-order valence-electron chi connectivity index (χ0n) is 17.1. The molecular weight excluding hydrogens is 467 g/mol. The average Bonchev–Trinajstić information content (AvgIpc) is 2.76. The van der Waals surface area contributed by atoms with Crippen molar-refractivity contribution in [2.45, 2.75) is 31.7 Å². The summed E-state index contributed by atoms with van der Waals surface area (Å²) in [6.07, 6.45) is 1.80. The van der Waals surface area contributed by atoms with Gasteiger partial charge in [-0.2, -0.15) is 21.6 Å². The first-order valence-corrected chi connectivity index (χ1v) is 11.0. The Morgan fingerprint density at radius 3 is 2.39 bits per heavy atom. The largest absolute Gasteiger partial charge is 0.525 e. The zero-order chi connectivity index (χ0) is 24.4. The number of esters is 1. The lowest BCUT2D eigenvalue weighted by Crippen LogP contribution is -2.44. The van der Waals surface area contributed by atoms with E-state index in [0.29, 0.717) is 17.4 Å². The van der Waals surface area contributed by atoms with Crippen LogP contribution in [0.5, 0.6) is 0 Å². The number of carbonyl (C=O) groups is 3. The fourth-order valence-corrected chi connectivity index (χ4v) is 3.45. The molecule has 33 heavy (non-hydrogen) atoms. The molecule has 0 aromatic heterocycles. The summed E-state index contributed by atoms with van der Waals surface area (Å²) in [5.41, 5.74) is -5.96. The topological polar surface area (TPSA) is 107 Å². The van der Waals surface area contributed by atoms with E-state index in [-0.39, 0.29) is 29.5 Å². The minimum Gasteiger partial charge on any atom is -0.452 e. The van der Waals surface area contributed by atoms with Gasteiger partial charge in [0.1, 0.15) is 0 Å². The molecule has 0 saturated heterocycles. The van der Waals surface area contributed by atoms with Gasteiger partial charge >= 0.3 is 21.6 Å². The van der Waals surface area contributed by atoms with Crippen LogP contribution in [0.2, 0.25) is 0 Å². The van der Waals surface area contributed by atoms with Crippen molar-refractivity contribution in [3.8, 4) is 11.8 Å². The first-order valence-electron chi connectivity index (χ1n) is 9.57. The van der Waals surface area contributed by atoms with Crippen molar-refractivity contribution in [1.82, 2.24) is 5.06 Å². The molecule has 0 saturated carbocycles. The number of benzene rings is 2. The van der Waals surface area contributed by atoms with E-state index in [4.69, 9.17) is 4.74 Å². The highest BCUT2D eigenvalue weighted by atomic mass is 32.2. The second-order valence-corrected chi connectivity index (χ2v) is 8.35. The molecule has 1 aliphatic heterocycles. The molecule has 174 valence electrons. The Labute approximate surface area is 186 Å². The van der Waals surface area contributed by atoms with Crippen LogP contribution in [0, 0.1) is 11.8 Å². The van der Waals surface area contributed by atoms with Crippen molar-refractivity contribution in [2.24, 2.45) is 0 Å². The van der Waals surface area contributed by atoms with E-state index in [2.05, 4.69) is 16.1 Å². The molecule has 0 radical (unpaired) electrons. The third-order valence-corrected chi connectivity index (χ3v) is 5.50. The van der Waals surface area contributed by atoms with Gasteiger partial charge in [-0.05, 0) is 30.0 Å². The number of hydrogen-bond acceptors (Lipinski definition) is 7. The highest BCUT2D eigenvalue weighted by molar-refractivity contribution is 7.87. The Hall–Kier alpha value is -3.43. The van der Waals surface area contributed by atoms with Crippen LogP contribution in [0.1, 0.15) is 52.5 Å². The number of ether oxygens (including phenoxy) is 1. The van der Waals surface area contributed by atoms with Crippen LogP contribution in [0.3, 0.4) is 0 Å². The number of amides is 2. The van der Waals surface area contributed by atoms with Crippen LogP contribution < -0.4 is 0 Å². The van der Waals surface area contributed by atoms with Gasteiger partial charge < -0.3 is 4.74 Å². The third-order valence-electron chi connectivity index (χ3n) is 4.59. The predicted octanol–water partition coefficient (Wildman–Crippen LogP) is 3.30. The molecule has 2 amide bonds. The number of carbonyl (C=O) groups excluding carboxylic acids is 3. The van der Waals surface area contributed by atoms with E-state index in [9.17, 15) is 36.0 Å². The van der Waals surface area contributed by atoms with E-state index in [1.165, 1.54) is 30.3 Å². The van der Waals surface area contributed by atoms with Crippen molar-refractivity contribution in [3.05, 3.63) is 47.0 Å². The van der Waals surface area contributed by atoms with E-state index in [1.54, 1.807) is 0 Å². The van der Waals surface area contributed by atoms with Crippen molar-refractivity contribution in [3.63, 3.8) is 0 Å².